The van der Waals surface area contributed by atoms with E-state index in [1.807, 2.05) is 70.2 Å². The molecule has 0 unspecified atom stereocenters. The van der Waals surface area contributed by atoms with Gasteiger partial charge in [-0.1, -0.05) is 36.4 Å². The lowest BCUT2D eigenvalue weighted by molar-refractivity contribution is 0.0919. The highest BCUT2D eigenvalue weighted by molar-refractivity contribution is 5.95. The highest BCUT2D eigenvalue weighted by Crippen LogP contribution is 2.28. The first-order valence-corrected chi connectivity index (χ1v) is 9.56. The van der Waals surface area contributed by atoms with E-state index >= 15 is 0 Å². The molecule has 1 N–H and O–H groups in total. The Labute approximate surface area is 166 Å². The predicted molar refractivity (Wildman–Crippen MR) is 113 cm³/mol. The van der Waals surface area contributed by atoms with E-state index < -0.39 is 0 Å². The molecule has 0 radical (unpaired) electrons. The topological polar surface area (TPSA) is 47.6 Å². The van der Waals surface area contributed by atoms with Gasteiger partial charge in [0.15, 0.2) is 0 Å². The Morgan fingerprint density at radius 2 is 1.68 bits per heavy atom. The maximum Gasteiger partial charge on any atom is 0.251 e. The molecule has 0 aliphatic heterocycles. The van der Waals surface area contributed by atoms with Gasteiger partial charge < -0.3 is 14.8 Å². The average Bonchev–Trinajstić information content (AvgIpc) is 2.66. The van der Waals surface area contributed by atoms with Crippen molar-refractivity contribution in [2.75, 3.05) is 6.61 Å². The number of hydrogen-bond donors (Lipinski definition) is 1. The summed E-state index contributed by atoms with van der Waals surface area (Å²) >= 11 is 0. The highest BCUT2D eigenvalue weighted by Gasteiger charge is 2.17. The summed E-state index contributed by atoms with van der Waals surface area (Å²) in [6, 6.07) is 19.6. The van der Waals surface area contributed by atoms with Gasteiger partial charge >= 0.3 is 0 Å². The van der Waals surface area contributed by atoms with Crippen LogP contribution in [0.3, 0.4) is 0 Å². The third kappa shape index (κ3) is 4.83. The molecule has 0 saturated heterocycles. The Morgan fingerprint density at radius 1 is 0.929 bits per heavy atom. The van der Waals surface area contributed by atoms with Crippen molar-refractivity contribution in [2.24, 2.45) is 0 Å². The quantitative estimate of drug-likeness (QED) is 0.630. The molecule has 0 atom stereocenters. The van der Waals surface area contributed by atoms with Gasteiger partial charge in [-0.25, -0.2) is 0 Å². The van der Waals surface area contributed by atoms with Crippen LogP contribution < -0.4 is 14.8 Å². The summed E-state index contributed by atoms with van der Waals surface area (Å²) < 4.78 is 11.9. The van der Waals surface area contributed by atoms with E-state index in [2.05, 4.69) is 17.4 Å². The van der Waals surface area contributed by atoms with Gasteiger partial charge in [-0.05, 0) is 57.3 Å². The molecule has 3 rings (SSSR count). The van der Waals surface area contributed by atoms with Crippen molar-refractivity contribution in [3.63, 3.8) is 0 Å². The first-order chi connectivity index (χ1) is 13.4. The molecule has 0 bridgehead atoms. The molecule has 0 fully saturated rings. The summed E-state index contributed by atoms with van der Waals surface area (Å²) in [7, 11) is 0. The minimum absolute atomic E-state index is 0.109. The second-order valence-electron chi connectivity index (χ2n) is 7.73. The maximum absolute atomic E-state index is 12.5. The zero-order valence-corrected chi connectivity index (χ0v) is 16.9. The van der Waals surface area contributed by atoms with Gasteiger partial charge in [-0.15, -0.1) is 0 Å². The number of rotatable bonds is 6. The molecule has 28 heavy (non-hydrogen) atoms. The van der Waals surface area contributed by atoms with Crippen molar-refractivity contribution in [1.29, 1.82) is 0 Å². The summed E-state index contributed by atoms with van der Waals surface area (Å²) in [5.74, 6) is 1.43. The number of amides is 1. The molecule has 0 spiro atoms. The Kier molecular flexibility index (Phi) is 5.88. The normalized spacial score (nSPS) is 11.3. The van der Waals surface area contributed by atoms with Crippen LogP contribution in [0.2, 0.25) is 0 Å². The molecule has 4 nitrogen and oxygen atoms in total. The molecule has 3 aromatic rings. The van der Waals surface area contributed by atoms with Crippen LogP contribution in [0.5, 0.6) is 11.5 Å². The summed E-state index contributed by atoms with van der Waals surface area (Å²) in [6.07, 6.45) is 0. The van der Waals surface area contributed by atoms with Crippen molar-refractivity contribution in [3.05, 3.63) is 71.8 Å². The number of ether oxygens (including phenoxy) is 2. The fourth-order valence-electron chi connectivity index (χ4n) is 3.02. The van der Waals surface area contributed by atoms with Crippen LogP contribution in [0.25, 0.3) is 10.8 Å². The lowest BCUT2D eigenvalue weighted by Crippen LogP contribution is -2.40. The average molecular weight is 377 g/mol. The Hall–Kier alpha value is -3.01. The Balaban J connectivity index is 1.86. The van der Waals surface area contributed by atoms with E-state index in [4.69, 9.17) is 9.47 Å². The molecule has 146 valence electrons. The molecule has 0 aromatic heterocycles. The minimum Gasteiger partial charge on any atom is -0.493 e. The largest absolute Gasteiger partial charge is 0.493 e. The summed E-state index contributed by atoms with van der Waals surface area (Å²) in [4.78, 5) is 12.5. The molecule has 3 aromatic carbocycles. The number of fused-ring (bicyclic) bond motifs is 1. The van der Waals surface area contributed by atoms with Crippen molar-refractivity contribution in [3.8, 4) is 11.5 Å². The SMILES string of the molecule is CCOc1ccc(C(=O)NC(C)(C)C)cc1COc1cccc2ccccc12. The Bertz CT molecular complexity index is 968. The van der Waals surface area contributed by atoms with Gasteiger partial charge in [0, 0.05) is 22.1 Å². The number of nitrogens with one attached hydrogen (secondary N) is 1. The minimum atomic E-state index is -0.296. The van der Waals surface area contributed by atoms with E-state index in [9.17, 15) is 4.79 Å². The lowest BCUT2D eigenvalue weighted by Gasteiger charge is -2.21. The molecule has 4 heteroatoms. The molecule has 1 amide bonds. The van der Waals surface area contributed by atoms with Crippen molar-refractivity contribution < 1.29 is 14.3 Å². The first-order valence-electron chi connectivity index (χ1n) is 9.56. The van der Waals surface area contributed by atoms with E-state index in [1.165, 1.54) is 0 Å². The molecule has 0 aliphatic rings. The fraction of sp³-hybridized carbons (Fsp3) is 0.292. The summed E-state index contributed by atoms with van der Waals surface area (Å²) in [5.41, 5.74) is 1.14. The smallest absolute Gasteiger partial charge is 0.251 e. The van der Waals surface area contributed by atoms with E-state index in [0.717, 1.165) is 27.8 Å². The highest BCUT2D eigenvalue weighted by atomic mass is 16.5. The van der Waals surface area contributed by atoms with Crippen LogP contribution in [0, 0.1) is 0 Å². The number of carbonyl (C=O) groups excluding carboxylic acids is 1. The van der Waals surface area contributed by atoms with E-state index in [0.29, 0.717) is 18.8 Å². The van der Waals surface area contributed by atoms with Crippen LogP contribution in [0.15, 0.2) is 60.7 Å². The van der Waals surface area contributed by atoms with Gasteiger partial charge in [0.25, 0.3) is 5.91 Å². The Morgan fingerprint density at radius 3 is 2.43 bits per heavy atom. The van der Waals surface area contributed by atoms with E-state index in [-0.39, 0.29) is 11.4 Å². The van der Waals surface area contributed by atoms with Gasteiger partial charge in [-0.3, -0.25) is 4.79 Å². The zero-order chi connectivity index (χ0) is 20.1. The van der Waals surface area contributed by atoms with Crippen LogP contribution in [-0.2, 0) is 6.61 Å². The standard InChI is InChI=1S/C24H27NO3/c1-5-27-21-14-13-18(23(26)25-24(2,3)4)15-19(21)16-28-22-12-8-10-17-9-6-7-11-20(17)22/h6-15H,5,16H2,1-4H3,(H,25,26). The molecular formula is C24H27NO3. The van der Waals surface area contributed by atoms with Crippen LogP contribution in [-0.4, -0.2) is 18.1 Å². The van der Waals surface area contributed by atoms with E-state index in [1.54, 1.807) is 6.07 Å². The lowest BCUT2D eigenvalue weighted by atomic mass is 10.1. The van der Waals surface area contributed by atoms with Crippen LogP contribution in [0.1, 0.15) is 43.6 Å². The van der Waals surface area contributed by atoms with Crippen LogP contribution >= 0.6 is 0 Å². The van der Waals surface area contributed by atoms with Gasteiger partial charge in [0.05, 0.1) is 6.61 Å². The van der Waals surface area contributed by atoms with Gasteiger partial charge in [0.1, 0.15) is 18.1 Å². The molecular weight excluding hydrogens is 350 g/mol. The maximum atomic E-state index is 12.5. The third-order valence-corrected chi connectivity index (χ3v) is 4.24. The number of benzene rings is 3. The van der Waals surface area contributed by atoms with Crippen molar-refractivity contribution >= 4 is 16.7 Å². The van der Waals surface area contributed by atoms with Crippen LogP contribution in [0.4, 0.5) is 0 Å². The fourth-order valence-corrected chi connectivity index (χ4v) is 3.02. The molecule has 0 saturated carbocycles. The second-order valence-corrected chi connectivity index (χ2v) is 7.73. The van der Waals surface area contributed by atoms with Crippen molar-refractivity contribution in [2.45, 2.75) is 39.8 Å². The zero-order valence-electron chi connectivity index (χ0n) is 16.9. The monoisotopic (exact) mass is 377 g/mol. The number of carbonyl (C=O) groups is 1. The first kappa shape index (κ1) is 19.7. The van der Waals surface area contributed by atoms with Gasteiger partial charge in [-0.2, -0.15) is 0 Å². The van der Waals surface area contributed by atoms with Crippen molar-refractivity contribution in [1.82, 2.24) is 5.32 Å². The molecule has 0 aliphatic carbocycles. The predicted octanol–water partition coefficient (Wildman–Crippen LogP) is 5.35. The molecule has 0 heterocycles. The second kappa shape index (κ2) is 8.34. The summed E-state index contributed by atoms with van der Waals surface area (Å²) in [6.45, 7) is 8.70. The summed E-state index contributed by atoms with van der Waals surface area (Å²) in [5, 5.41) is 5.18. The van der Waals surface area contributed by atoms with Gasteiger partial charge in [0.2, 0.25) is 0 Å². The third-order valence-electron chi connectivity index (χ3n) is 4.24. The number of hydrogen-bond acceptors (Lipinski definition) is 3.